The molecule has 112 valence electrons. The van der Waals surface area contributed by atoms with Gasteiger partial charge in [0.05, 0.1) is 6.10 Å². The highest BCUT2D eigenvalue weighted by atomic mass is 16.5. The Morgan fingerprint density at radius 3 is 2.62 bits per heavy atom. The van der Waals surface area contributed by atoms with E-state index in [1.807, 2.05) is 32.0 Å². The number of rotatable bonds is 6. The molecule has 0 atom stereocenters. The lowest BCUT2D eigenvalue weighted by Crippen LogP contribution is -2.15. The molecule has 1 aromatic carbocycles. The average Bonchev–Trinajstić information content (AvgIpc) is 2.46. The number of hydrazine groups is 1. The zero-order chi connectivity index (χ0) is 15.2. The van der Waals surface area contributed by atoms with Crippen LogP contribution in [0.25, 0.3) is 0 Å². The summed E-state index contributed by atoms with van der Waals surface area (Å²) in [5.74, 6) is 5.99. The number of aryl methyl sites for hydroxylation is 1. The molecule has 7 nitrogen and oxygen atoms in total. The van der Waals surface area contributed by atoms with Crippen molar-refractivity contribution in [2.75, 3.05) is 10.7 Å². The van der Waals surface area contributed by atoms with E-state index in [0.29, 0.717) is 5.95 Å². The van der Waals surface area contributed by atoms with Crippen molar-refractivity contribution in [2.45, 2.75) is 33.3 Å². The summed E-state index contributed by atoms with van der Waals surface area (Å²) in [5, 5.41) is 3.13. The molecule has 0 bridgehead atoms. The Hall–Kier alpha value is -2.41. The fourth-order valence-corrected chi connectivity index (χ4v) is 1.74. The lowest BCUT2D eigenvalue weighted by Gasteiger charge is -2.11. The number of nitrogens with one attached hydrogen (secondary N) is 2. The molecule has 1 aromatic heterocycles. The minimum Gasteiger partial charge on any atom is -0.461 e. The van der Waals surface area contributed by atoms with Gasteiger partial charge in [0.1, 0.15) is 0 Å². The number of hydrogen-bond donors (Lipinski definition) is 3. The van der Waals surface area contributed by atoms with Gasteiger partial charge >= 0.3 is 6.01 Å². The van der Waals surface area contributed by atoms with Crippen LogP contribution in [0, 0.1) is 0 Å². The van der Waals surface area contributed by atoms with Crippen LogP contribution in [-0.4, -0.2) is 21.1 Å². The maximum atomic E-state index is 5.48. The molecule has 0 aliphatic rings. The number of aromatic nitrogens is 3. The molecule has 0 saturated carbocycles. The molecule has 1 heterocycles. The van der Waals surface area contributed by atoms with Crippen molar-refractivity contribution >= 4 is 17.6 Å². The maximum absolute atomic E-state index is 5.48. The summed E-state index contributed by atoms with van der Waals surface area (Å²) in [6, 6.07) is 8.26. The number of ether oxygens (including phenoxy) is 1. The van der Waals surface area contributed by atoms with E-state index in [4.69, 9.17) is 10.6 Å². The minimum atomic E-state index is -0.0331. The van der Waals surface area contributed by atoms with Gasteiger partial charge in [0.2, 0.25) is 11.9 Å². The first-order chi connectivity index (χ1) is 10.1. The van der Waals surface area contributed by atoms with Crippen molar-refractivity contribution in [3.63, 3.8) is 0 Å². The van der Waals surface area contributed by atoms with E-state index in [1.165, 1.54) is 5.56 Å². The summed E-state index contributed by atoms with van der Waals surface area (Å²) in [6.07, 6.45) is 0.929. The number of benzene rings is 1. The summed E-state index contributed by atoms with van der Waals surface area (Å²) < 4.78 is 5.48. The van der Waals surface area contributed by atoms with Crippen LogP contribution >= 0.6 is 0 Å². The molecular weight excluding hydrogens is 268 g/mol. The van der Waals surface area contributed by atoms with Crippen molar-refractivity contribution in [3.8, 4) is 6.01 Å². The second kappa shape index (κ2) is 6.85. The quantitative estimate of drug-likeness (QED) is 0.554. The van der Waals surface area contributed by atoms with Crippen molar-refractivity contribution in [1.29, 1.82) is 0 Å². The van der Waals surface area contributed by atoms with Crippen molar-refractivity contribution in [3.05, 3.63) is 29.8 Å². The van der Waals surface area contributed by atoms with Crippen LogP contribution in [-0.2, 0) is 6.42 Å². The molecule has 21 heavy (non-hydrogen) atoms. The van der Waals surface area contributed by atoms with Gasteiger partial charge in [-0.25, -0.2) is 5.84 Å². The molecule has 0 unspecified atom stereocenters. The van der Waals surface area contributed by atoms with Crippen molar-refractivity contribution in [1.82, 2.24) is 15.0 Å². The topological polar surface area (TPSA) is 98.0 Å². The fraction of sp³-hybridized carbons (Fsp3) is 0.357. The van der Waals surface area contributed by atoms with Gasteiger partial charge in [-0.15, -0.1) is 0 Å². The first-order valence-corrected chi connectivity index (χ1v) is 6.86. The molecule has 0 saturated heterocycles. The van der Waals surface area contributed by atoms with Gasteiger partial charge in [0, 0.05) is 5.69 Å². The third kappa shape index (κ3) is 4.28. The van der Waals surface area contributed by atoms with Gasteiger partial charge in [0.15, 0.2) is 0 Å². The predicted octanol–water partition coefficient (Wildman–Crippen LogP) is 2.25. The van der Waals surface area contributed by atoms with E-state index in [9.17, 15) is 0 Å². The number of hydrogen-bond acceptors (Lipinski definition) is 7. The molecule has 7 heteroatoms. The summed E-state index contributed by atoms with van der Waals surface area (Å²) in [6.45, 7) is 5.90. The van der Waals surface area contributed by atoms with E-state index in [-0.39, 0.29) is 18.1 Å². The Kier molecular flexibility index (Phi) is 4.89. The average molecular weight is 288 g/mol. The molecule has 0 spiro atoms. The van der Waals surface area contributed by atoms with E-state index in [1.54, 1.807) is 0 Å². The summed E-state index contributed by atoms with van der Waals surface area (Å²) in [4.78, 5) is 12.4. The van der Waals surface area contributed by atoms with Crippen LogP contribution < -0.4 is 21.3 Å². The number of anilines is 3. The summed E-state index contributed by atoms with van der Waals surface area (Å²) in [5.41, 5.74) is 4.54. The Morgan fingerprint density at radius 2 is 1.95 bits per heavy atom. The first kappa shape index (κ1) is 15.0. The van der Waals surface area contributed by atoms with Crippen LogP contribution in [0.5, 0.6) is 6.01 Å². The zero-order valence-electron chi connectivity index (χ0n) is 12.4. The number of nitrogens with zero attached hydrogens (tertiary/aromatic N) is 3. The fourth-order valence-electron chi connectivity index (χ4n) is 1.74. The van der Waals surface area contributed by atoms with Gasteiger partial charge in [-0.3, -0.25) is 5.43 Å². The van der Waals surface area contributed by atoms with E-state index < -0.39 is 0 Å². The highest BCUT2D eigenvalue weighted by Crippen LogP contribution is 2.18. The van der Waals surface area contributed by atoms with Gasteiger partial charge in [-0.2, -0.15) is 15.0 Å². The molecule has 0 aliphatic carbocycles. The third-order valence-corrected chi connectivity index (χ3v) is 2.68. The minimum absolute atomic E-state index is 0.0331. The monoisotopic (exact) mass is 288 g/mol. The number of nitrogens with two attached hydrogens (primary N) is 1. The molecule has 2 rings (SSSR count). The second-order valence-corrected chi connectivity index (χ2v) is 4.76. The third-order valence-electron chi connectivity index (χ3n) is 2.68. The van der Waals surface area contributed by atoms with Gasteiger partial charge in [-0.1, -0.05) is 19.1 Å². The van der Waals surface area contributed by atoms with Crippen molar-refractivity contribution in [2.24, 2.45) is 5.84 Å². The lowest BCUT2D eigenvalue weighted by molar-refractivity contribution is 0.222. The highest BCUT2D eigenvalue weighted by molar-refractivity contribution is 5.55. The van der Waals surface area contributed by atoms with Crippen LogP contribution in [0.3, 0.4) is 0 Å². The molecular formula is C14H20N6O. The zero-order valence-corrected chi connectivity index (χ0v) is 12.4. The molecule has 0 radical (unpaired) electrons. The Labute approximate surface area is 123 Å². The largest absolute Gasteiger partial charge is 0.461 e. The van der Waals surface area contributed by atoms with Gasteiger partial charge in [0.25, 0.3) is 0 Å². The smallest absolute Gasteiger partial charge is 0.323 e. The highest BCUT2D eigenvalue weighted by Gasteiger charge is 2.09. The van der Waals surface area contributed by atoms with Crippen LogP contribution in [0.1, 0.15) is 26.3 Å². The summed E-state index contributed by atoms with van der Waals surface area (Å²) >= 11 is 0. The van der Waals surface area contributed by atoms with Crippen LogP contribution in [0.2, 0.25) is 0 Å². The van der Waals surface area contributed by atoms with E-state index in [2.05, 4.69) is 38.7 Å². The molecule has 0 amide bonds. The first-order valence-electron chi connectivity index (χ1n) is 6.86. The molecule has 4 N–H and O–H groups in total. The summed E-state index contributed by atoms with van der Waals surface area (Å²) in [7, 11) is 0. The molecule has 2 aromatic rings. The predicted molar refractivity (Wildman–Crippen MR) is 82.5 cm³/mol. The number of nitrogen functional groups attached to an aromatic ring is 1. The lowest BCUT2D eigenvalue weighted by atomic mass is 10.1. The Bertz CT molecular complexity index is 602. The van der Waals surface area contributed by atoms with Crippen LogP contribution in [0.15, 0.2) is 24.3 Å². The Balaban J connectivity index is 2.25. The van der Waals surface area contributed by atoms with Gasteiger partial charge < -0.3 is 10.1 Å². The Morgan fingerprint density at radius 1 is 1.19 bits per heavy atom. The van der Waals surface area contributed by atoms with E-state index in [0.717, 1.165) is 12.1 Å². The van der Waals surface area contributed by atoms with Gasteiger partial charge in [-0.05, 0) is 38.0 Å². The molecule has 0 aliphatic heterocycles. The molecule has 0 fully saturated rings. The maximum Gasteiger partial charge on any atom is 0.323 e. The standard InChI is InChI=1S/C14H20N6O/c1-4-10-6-5-7-11(8-10)16-12-17-13(20-15)19-14(18-12)21-9(2)3/h5-9H,4,15H2,1-3H3,(H2,16,17,18,19,20). The van der Waals surface area contributed by atoms with E-state index >= 15 is 0 Å². The normalized spacial score (nSPS) is 10.5. The van der Waals surface area contributed by atoms with Crippen molar-refractivity contribution < 1.29 is 4.74 Å². The SMILES string of the molecule is CCc1cccc(Nc2nc(NN)nc(OC(C)C)n2)c1. The second-order valence-electron chi connectivity index (χ2n) is 4.76. The van der Waals surface area contributed by atoms with Crippen LogP contribution in [0.4, 0.5) is 17.6 Å².